The molecular weight excluding hydrogens is 261 g/mol. The second-order valence-electron chi connectivity index (χ2n) is 5.33. The molecule has 0 spiro atoms. The van der Waals surface area contributed by atoms with Crippen molar-refractivity contribution in [2.24, 2.45) is 0 Å². The third-order valence-electron chi connectivity index (χ3n) is 3.57. The standard InChI is InChI=1S/C14H18NO3P/c1-9(2)19(18,10(3)4)15-13(16)11-7-5-6-8-12(11)14(15)17/h5-10H,1-4H3. The molecule has 1 aromatic rings. The largest absolute Gasteiger partial charge is 0.299 e. The smallest absolute Gasteiger partial charge is 0.267 e. The second-order valence-corrected chi connectivity index (χ2v) is 9.14. The zero-order chi connectivity index (χ0) is 14.4. The van der Waals surface area contributed by atoms with E-state index in [1.165, 1.54) is 0 Å². The Bertz CT molecular complexity index is 545. The zero-order valence-corrected chi connectivity index (χ0v) is 12.5. The highest BCUT2D eigenvalue weighted by Crippen LogP contribution is 2.60. The number of carbonyl (C=O) groups is 2. The molecule has 2 amide bonds. The lowest BCUT2D eigenvalue weighted by atomic mass is 10.1. The summed E-state index contributed by atoms with van der Waals surface area (Å²) in [6, 6.07) is 6.65. The predicted octanol–water partition coefficient (Wildman–Crippen LogP) is 3.38. The van der Waals surface area contributed by atoms with Gasteiger partial charge in [0, 0.05) is 11.3 Å². The molecule has 5 heteroatoms. The van der Waals surface area contributed by atoms with Crippen molar-refractivity contribution in [3.05, 3.63) is 35.4 Å². The molecule has 1 aliphatic heterocycles. The first kappa shape index (κ1) is 14.0. The molecule has 0 saturated carbocycles. The Morgan fingerprint density at radius 3 is 1.58 bits per heavy atom. The van der Waals surface area contributed by atoms with E-state index in [0.717, 1.165) is 4.67 Å². The Morgan fingerprint density at radius 1 is 0.895 bits per heavy atom. The number of benzene rings is 1. The minimum atomic E-state index is -3.07. The van der Waals surface area contributed by atoms with E-state index in [2.05, 4.69) is 0 Å². The Labute approximate surface area is 113 Å². The van der Waals surface area contributed by atoms with Crippen molar-refractivity contribution < 1.29 is 14.2 Å². The molecule has 1 aromatic carbocycles. The van der Waals surface area contributed by atoms with Gasteiger partial charge in [0.25, 0.3) is 11.8 Å². The van der Waals surface area contributed by atoms with Gasteiger partial charge >= 0.3 is 0 Å². The summed E-state index contributed by atoms with van der Waals surface area (Å²) in [6.45, 7) is 7.18. The van der Waals surface area contributed by atoms with Gasteiger partial charge in [0.2, 0.25) is 0 Å². The summed E-state index contributed by atoms with van der Waals surface area (Å²) in [6.07, 6.45) is 0. The molecular formula is C14H18NO3P. The van der Waals surface area contributed by atoms with Crippen LogP contribution in [-0.4, -0.2) is 27.8 Å². The van der Waals surface area contributed by atoms with Gasteiger partial charge in [0.1, 0.15) is 0 Å². The van der Waals surface area contributed by atoms with Crippen LogP contribution in [0.2, 0.25) is 0 Å². The maximum Gasteiger partial charge on any atom is 0.267 e. The molecule has 0 atom stereocenters. The predicted molar refractivity (Wildman–Crippen MR) is 74.8 cm³/mol. The average molecular weight is 279 g/mol. The summed E-state index contributed by atoms with van der Waals surface area (Å²) >= 11 is 0. The number of rotatable bonds is 3. The van der Waals surface area contributed by atoms with Crippen LogP contribution in [-0.2, 0) is 4.57 Å². The van der Waals surface area contributed by atoms with E-state index in [1.807, 2.05) is 0 Å². The summed E-state index contributed by atoms with van der Waals surface area (Å²) in [4.78, 5) is 24.8. The quantitative estimate of drug-likeness (QED) is 0.629. The van der Waals surface area contributed by atoms with Crippen molar-refractivity contribution in [2.45, 2.75) is 39.0 Å². The fraction of sp³-hybridized carbons (Fsp3) is 0.429. The fourth-order valence-corrected chi connectivity index (χ4v) is 5.42. The Kier molecular flexibility index (Phi) is 3.40. The van der Waals surface area contributed by atoms with Crippen LogP contribution in [0.5, 0.6) is 0 Å². The number of hydrogen-bond donors (Lipinski definition) is 0. The van der Waals surface area contributed by atoms with Gasteiger partial charge in [-0.05, 0) is 12.1 Å². The maximum atomic E-state index is 13.2. The van der Waals surface area contributed by atoms with Crippen LogP contribution < -0.4 is 0 Å². The minimum Gasteiger partial charge on any atom is -0.299 e. The van der Waals surface area contributed by atoms with Gasteiger partial charge in [-0.25, -0.2) is 4.67 Å². The molecule has 0 aliphatic carbocycles. The molecule has 19 heavy (non-hydrogen) atoms. The molecule has 1 heterocycles. The van der Waals surface area contributed by atoms with Crippen molar-refractivity contribution in [1.82, 2.24) is 4.67 Å². The monoisotopic (exact) mass is 279 g/mol. The SMILES string of the molecule is CC(C)P(=O)(C(C)C)N1C(=O)c2ccccc2C1=O. The van der Waals surface area contributed by atoms with E-state index in [0.29, 0.717) is 11.1 Å². The van der Waals surface area contributed by atoms with Gasteiger partial charge < -0.3 is 0 Å². The van der Waals surface area contributed by atoms with Gasteiger partial charge in [-0.1, -0.05) is 39.8 Å². The molecule has 0 fully saturated rings. The van der Waals surface area contributed by atoms with Crippen LogP contribution in [0.1, 0.15) is 48.4 Å². The molecule has 102 valence electrons. The summed E-state index contributed by atoms with van der Waals surface area (Å²) in [7, 11) is -3.07. The number of carbonyl (C=O) groups excluding carboxylic acids is 2. The highest BCUT2D eigenvalue weighted by Gasteiger charge is 2.49. The van der Waals surface area contributed by atoms with Gasteiger partial charge in [-0.15, -0.1) is 0 Å². The van der Waals surface area contributed by atoms with Crippen LogP contribution >= 0.6 is 7.29 Å². The molecule has 0 bridgehead atoms. The van der Waals surface area contributed by atoms with E-state index in [1.54, 1.807) is 52.0 Å². The van der Waals surface area contributed by atoms with Gasteiger partial charge in [-0.2, -0.15) is 0 Å². The first-order chi connectivity index (χ1) is 8.81. The van der Waals surface area contributed by atoms with E-state index in [-0.39, 0.29) is 11.3 Å². The third-order valence-corrected chi connectivity index (χ3v) is 7.51. The maximum absolute atomic E-state index is 13.2. The average Bonchev–Trinajstić information content (AvgIpc) is 2.61. The van der Waals surface area contributed by atoms with Crippen molar-refractivity contribution in [3.63, 3.8) is 0 Å². The van der Waals surface area contributed by atoms with Crippen LogP contribution in [0.4, 0.5) is 0 Å². The first-order valence-corrected chi connectivity index (χ1v) is 8.19. The molecule has 2 rings (SSSR count). The Morgan fingerprint density at radius 2 is 1.26 bits per heavy atom. The summed E-state index contributed by atoms with van der Waals surface area (Å²) in [5.74, 6) is -0.849. The fourth-order valence-electron chi connectivity index (χ4n) is 2.52. The zero-order valence-electron chi connectivity index (χ0n) is 11.6. The second kappa shape index (κ2) is 4.61. The number of nitrogens with zero attached hydrogens (tertiary/aromatic N) is 1. The van der Waals surface area contributed by atoms with Crippen LogP contribution in [0.3, 0.4) is 0 Å². The van der Waals surface area contributed by atoms with Crippen LogP contribution in [0.25, 0.3) is 0 Å². The minimum absolute atomic E-state index is 0.241. The number of imide groups is 1. The number of hydrogen-bond acceptors (Lipinski definition) is 3. The highest BCUT2D eigenvalue weighted by atomic mass is 31.2. The van der Waals surface area contributed by atoms with E-state index >= 15 is 0 Å². The molecule has 0 aromatic heterocycles. The third kappa shape index (κ3) is 1.86. The molecule has 0 N–H and O–H groups in total. The highest BCUT2D eigenvalue weighted by molar-refractivity contribution is 7.64. The first-order valence-electron chi connectivity index (χ1n) is 6.39. The van der Waals surface area contributed by atoms with Gasteiger partial charge in [0.15, 0.2) is 7.29 Å². The van der Waals surface area contributed by atoms with Crippen LogP contribution in [0, 0.1) is 0 Å². The van der Waals surface area contributed by atoms with Crippen molar-refractivity contribution >= 4 is 19.1 Å². The van der Waals surface area contributed by atoms with Gasteiger partial charge in [0.05, 0.1) is 11.1 Å². The lowest BCUT2D eigenvalue weighted by Gasteiger charge is -2.32. The van der Waals surface area contributed by atoms with Crippen molar-refractivity contribution in [1.29, 1.82) is 0 Å². The number of fused-ring (bicyclic) bond motifs is 1. The van der Waals surface area contributed by atoms with Crippen molar-refractivity contribution in [2.75, 3.05) is 0 Å². The molecule has 0 radical (unpaired) electrons. The molecule has 0 saturated heterocycles. The van der Waals surface area contributed by atoms with Crippen LogP contribution in [0.15, 0.2) is 24.3 Å². The van der Waals surface area contributed by atoms with Crippen molar-refractivity contribution in [3.8, 4) is 0 Å². The molecule has 4 nitrogen and oxygen atoms in total. The lowest BCUT2D eigenvalue weighted by Crippen LogP contribution is -2.33. The summed E-state index contributed by atoms with van der Waals surface area (Å²) in [5.41, 5.74) is 0.229. The number of amides is 2. The summed E-state index contributed by atoms with van der Waals surface area (Å²) in [5, 5.41) is 0. The molecule has 0 unspecified atom stereocenters. The normalized spacial score (nSPS) is 15.6. The Balaban J connectivity index is 2.58. The lowest BCUT2D eigenvalue weighted by molar-refractivity contribution is 0.0759. The Hall–Kier alpha value is -1.41. The van der Waals surface area contributed by atoms with Gasteiger partial charge in [-0.3, -0.25) is 14.2 Å². The summed E-state index contributed by atoms with van der Waals surface area (Å²) < 4.78 is 14.2. The van der Waals surface area contributed by atoms with E-state index in [4.69, 9.17) is 0 Å². The van der Waals surface area contributed by atoms with E-state index in [9.17, 15) is 14.2 Å². The topological polar surface area (TPSA) is 54.5 Å². The van der Waals surface area contributed by atoms with E-state index < -0.39 is 19.1 Å². The molecule has 1 aliphatic rings.